The third-order valence-corrected chi connectivity index (χ3v) is 6.51. The number of carbonyl (C=O) groups is 2. The van der Waals surface area contributed by atoms with Crippen molar-refractivity contribution in [2.75, 3.05) is 19.6 Å². The molecule has 0 bridgehead atoms. The molecule has 1 saturated heterocycles. The van der Waals surface area contributed by atoms with Crippen LogP contribution in [0.1, 0.15) is 59.7 Å². The molecule has 6 nitrogen and oxygen atoms in total. The number of amides is 2. The Morgan fingerprint density at radius 2 is 1.65 bits per heavy atom. The highest BCUT2D eigenvalue weighted by atomic mass is 16.2. The number of benzene rings is 1. The van der Waals surface area contributed by atoms with Gasteiger partial charge in [-0.3, -0.25) is 14.4 Å². The molecule has 6 heteroatoms. The lowest BCUT2D eigenvalue weighted by atomic mass is 9.95. The Morgan fingerprint density at radius 3 is 2.32 bits per heavy atom. The number of rotatable bonds is 4. The van der Waals surface area contributed by atoms with E-state index in [-0.39, 0.29) is 17.4 Å². The van der Waals surface area contributed by atoms with Crippen LogP contribution in [0.3, 0.4) is 0 Å². The molecule has 1 fully saturated rings. The summed E-state index contributed by atoms with van der Waals surface area (Å²) in [6, 6.07) is 10.0. The summed E-state index contributed by atoms with van der Waals surface area (Å²) < 4.78 is 1.68. The van der Waals surface area contributed by atoms with E-state index in [4.69, 9.17) is 0 Å². The van der Waals surface area contributed by atoms with Crippen molar-refractivity contribution in [3.63, 3.8) is 0 Å². The summed E-state index contributed by atoms with van der Waals surface area (Å²) in [5.41, 5.74) is 3.05. The maximum Gasteiger partial charge on any atom is 0.263 e. The SMILES string of the molecule is CC(=O)N1CCc2c(cn(CCc3ccccc3)c(=O)c2C(=O)N2CCCCCC2)C1. The lowest BCUT2D eigenvalue weighted by molar-refractivity contribution is -0.129. The third kappa shape index (κ3) is 4.73. The van der Waals surface area contributed by atoms with Gasteiger partial charge in [0.15, 0.2) is 0 Å². The number of fused-ring (bicyclic) bond motifs is 1. The molecule has 2 aliphatic heterocycles. The summed E-state index contributed by atoms with van der Waals surface area (Å²) in [5.74, 6) is -0.110. The maximum atomic E-state index is 13.5. The molecule has 31 heavy (non-hydrogen) atoms. The minimum atomic E-state index is -0.194. The molecular formula is C25H31N3O3. The van der Waals surface area contributed by atoms with E-state index in [9.17, 15) is 14.4 Å². The van der Waals surface area contributed by atoms with Crippen LogP contribution in [0, 0.1) is 0 Å². The molecule has 3 heterocycles. The zero-order chi connectivity index (χ0) is 21.8. The van der Waals surface area contributed by atoms with Gasteiger partial charge in [-0.15, -0.1) is 0 Å². The summed E-state index contributed by atoms with van der Waals surface area (Å²) in [7, 11) is 0. The molecule has 2 amide bonds. The van der Waals surface area contributed by atoms with Gasteiger partial charge in [0.1, 0.15) is 5.56 Å². The molecule has 0 saturated carbocycles. The average Bonchev–Trinajstić information content (AvgIpc) is 3.07. The third-order valence-electron chi connectivity index (χ3n) is 6.51. The normalized spacial score (nSPS) is 16.5. The molecular weight excluding hydrogens is 390 g/mol. The van der Waals surface area contributed by atoms with Gasteiger partial charge in [0.25, 0.3) is 11.5 Å². The highest BCUT2D eigenvalue weighted by Crippen LogP contribution is 2.23. The molecule has 1 aromatic carbocycles. The second-order valence-corrected chi connectivity index (χ2v) is 8.64. The summed E-state index contributed by atoms with van der Waals surface area (Å²) >= 11 is 0. The summed E-state index contributed by atoms with van der Waals surface area (Å²) in [6.45, 7) is 4.51. The lowest BCUT2D eigenvalue weighted by Gasteiger charge is -2.31. The number of nitrogens with zero attached hydrogens (tertiary/aromatic N) is 3. The topological polar surface area (TPSA) is 62.6 Å². The number of aromatic nitrogens is 1. The van der Waals surface area contributed by atoms with Crippen molar-refractivity contribution in [2.45, 2.75) is 58.5 Å². The largest absolute Gasteiger partial charge is 0.338 e. The summed E-state index contributed by atoms with van der Waals surface area (Å²) in [6.07, 6.45) is 7.38. The fourth-order valence-corrected chi connectivity index (χ4v) is 4.69. The van der Waals surface area contributed by atoms with E-state index in [1.54, 1.807) is 16.4 Å². The Morgan fingerprint density at radius 1 is 0.935 bits per heavy atom. The number of aryl methyl sites for hydroxylation is 2. The second kappa shape index (κ2) is 9.50. The second-order valence-electron chi connectivity index (χ2n) is 8.64. The fraction of sp³-hybridized carbons (Fsp3) is 0.480. The lowest BCUT2D eigenvalue weighted by Crippen LogP contribution is -2.42. The van der Waals surface area contributed by atoms with Crippen molar-refractivity contribution in [3.05, 3.63) is 69.1 Å². The van der Waals surface area contributed by atoms with Crippen molar-refractivity contribution in [1.82, 2.24) is 14.4 Å². The zero-order valence-electron chi connectivity index (χ0n) is 18.3. The highest BCUT2D eigenvalue weighted by molar-refractivity contribution is 5.96. The smallest absolute Gasteiger partial charge is 0.263 e. The molecule has 2 aliphatic rings. The first-order valence-electron chi connectivity index (χ1n) is 11.4. The van der Waals surface area contributed by atoms with Crippen molar-refractivity contribution < 1.29 is 9.59 Å². The number of hydrogen-bond donors (Lipinski definition) is 0. The Balaban J connectivity index is 1.71. The van der Waals surface area contributed by atoms with Gasteiger partial charge in [0, 0.05) is 45.8 Å². The predicted molar refractivity (Wildman–Crippen MR) is 120 cm³/mol. The van der Waals surface area contributed by atoms with Crippen LogP contribution in [0.25, 0.3) is 0 Å². The van der Waals surface area contributed by atoms with Gasteiger partial charge >= 0.3 is 0 Å². The fourth-order valence-electron chi connectivity index (χ4n) is 4.69. The Kier molecular flexibility index (Phi) is 6.54. The molecule has 1 aromatic heterocycles. The van der Waals surface area contributed by atoms with E-state index in [2.05, 4.69) is 0 Å². The first kappa shape index (κ1) is 21.3. The number of carbonyl (C=O) groups excluding carboxylic acids is 2. The van der Waals surface area contributed by atoms with Crippen LogP contribution in [0.15, 0.2) is 41.3 Å². The van der Waals surface area contributed by atoms with Gasteiger partial charge in [0.05, 0.1) is 0 Å². The van der Waals surface area contributed by atoms with Gasteiger partial charge in [0.2, 0.25) is 5.91 Å². The van der Waals surface area contributed by atoms with Gasteiger partial charge < -0.3 is 14.4 Å². The van der Waals surface area contributed by atoms with Crippen LogP contribution in [-0.2, 0) is 30.7 Å². The van der Waals surface area contributed by atoms with Gasteiger partial charge in [-0.25, -0.2) is 0 Å². The van der Waals surface area contributed by atoms with Crippen LogP contribution >= 0.6 is 0 Å². The van der Waals surface area contributed by atoms with Crippen molar-refractivity contribution in [2.24, 2.45) is 0 Å². The Labute approximate surface area is 183 Å². The van der Waals surface area contributed by atoms with Crippen LogP contribution < -0.4 is 5.56 Å². The number of pyridine rings is 1. The maximum absolute atomic E-state index is 13.5. The molecule has 0 radical (unpaired) electrons. The molecule has 2 aromatic rings. The van der Waals surface area contributed by atoms with Gasteiger partial charge in [-0.2, -0.15) is 0 Å². The van der Waals surface area contributed by atoms with E-state index in [0.29, 0.717) is 51.1 Å². The summed E-state index contributed by atoms with van der Waals surface area (Å²) in [5, 5.41) is 0. The molecule has 0 N–H and O–H groups in total. The number of likely N-dealkylation sites (tertiary alicyclic amines) is 1. The van der Waals surface area contributed by atoms with Gasteiger partial charge in [-0.1, -0.05) is 43.2 Å². The minimum absolute atomic E-state index is 0.0214. The molecule has 164 valence electrons. The van der Waals surface area contributed by atoms with Gasteiger partial charge in [-0.05, 0) is 42.4 Å². The number of hydrogen-bond acceptors (Lipinski definition) is 3. The van der Waals surface area contributed by atoms with Crippen LogP contribution in [-0.4, -0.2) is 45.8 Å². The minimum Gasteiger partial charge on any atom is -0.338 e. The Hall–Kier alpha value is -2.89. The zero-order valence-corrected chi connectivity index (χ0v) is 18.3. The van der Waals surface area contributed by atoms with E-state index in [1.165, 1.54) is 0 Å². The average molecular weight is 422 g/mol. The molecule has 0 atom stereocenters. The molecule has 0 spiro atoms. The van der Waals surface area contributed by atoms with E-state index < -0.39 is 0 Å². The quantitative estimate of drug-likeness (QED) is 0.762. The first-order chi connectivity index (χ1) is 15.0. The summed E-state index contributed by atoms with van der Waals surface area (Å²) in [4.78, 5) is 42.6. The van der Waals surface area contributed by atoms with Crippen molar-refractivity contribution >= 4 is 11.8 Å². The standard InChI is InChI=1S/C25H31N3O3/c1-19(29)27-16-12-22-21(17-27)18-28(15-11-20-9-5-4-6-10-20)25(31)23(22)24(30)26-13-7-2-3-8-14-26/h4-6,9-10,18H,2-3,7-8,11-17H2,1H3. The predicted octanol–water partition coefficient (Wildman–Crippen LogP) is 3.01. The van der Waals surface area contributed by atoms with E-state index in [0.717, 1.165) is 42.4 Å². The molecule has 4 rings (SSSR count). The van der Waals surface area contributed by atoms with Crippen LogP contribution in [0.5, 0.6) is 0 Å². The monoisotopic (exact) mass is 421 g/mol. The molecule has 0 aliphatic carbocycles. The first-order valence-corrected chi connectivity index (χ1v) is 11.4. The van der Waals surface area contributed by atoms with E-state index in [1.807, 2.05) is 41.4 Å². The Bertz CT molecular complexity index is 1000. The van der Waals surface area contributed by atoms with Crippen molar-refractivity contribution in [1.29, 1.82) is 0 Å². The van der Waals surface area contributed by atoms with E-state index >= 15 is 0 Å². The highest BCUT2D eigenvalue weighted by Gasteiger charge is 2.29. The van der Waals surface area contributed by atoms with Crippen LogP contribution in [0.2, 0.25) is 0 Å². The molecule has 0 unspecified atom stereocenters. The van der Waals surface area contributed by atoms with Crippen LogP contribution in [0.4, 0.5) is 0 Å². The van der Waals surface area contributed by atoms with Crippen molar-refractivity contribution in [3.8, 4) is 0 Å².